The van der Waals surface area contributed by atoms with Gasteiger partial charge in [-0.3, -0.25) is 0 Å². The van der Waals surface area contributed by atoms with E-state index < -0.39 is 21.9 Å². The fourth-order valence-electron chi connectivity index (χ4n) is 3.29. The zero-order valence-corrected chi connectivity index (χ0v) is 16.9. The number of fused-ring (bicyclic) bond motifs is 1. The van der Waals surface area contributed by atoms with Crippen molar-refractivity contribution in [3.63, 3.8) is 0 Å². The van der Waals surface area contributed by atoms with Crippen molar-refractivity contribution in [3.05, 3.63) is 72.4 Å². The summed E-state index contributed by atoms with van der Waals surface area (Å²) in [6.07, 6.45) is -4.72. The zero-order valence-electron chi connectivity index (χ0n) is 16.1. The minimum atomic E-state index is -4.72. The number of nitrogens with zero attached hydrogens (tertiary/aromatic N) is 2. The van der Waals surface area contributed by atoms with Crippen LogP contribution >= 0.6 is 0 Å². The molecule has 0 radical (unpaired) electrons. The Bertz CT molecular complexity index is 1400. The Morgan fingerprint density at radius 3 is 2.32 bits per heavy atom. The first-order valence-corrected chi connectivity index (χ1v) is 10.5. The van der Waals surface area contributed by atoms with Crippen LogP contribution in [0, 0.1) is 0 Å². The molecule has 31 heavy (non-hydrogen) atoms. The number of hydrogen-bond acceptors (Lipinski definition) is 4. The maximum absolute atomic E-state index is 13.5. The van der Waals surface area contributed by atoms with E-state index in [0.29, 0.717) is 11.3 Å². The van der Waals surface area contributed by atoms with E-state index in [4.69, 9.17) is 9.88 Å². The Morgan fingerprint density at radius 1 is 0.968 bits per heavy atom. The lowest BCUT2D eigenvalue weighted by molar-refractivity contribution is -0.141. The molecule has 160 valence electrons. The number of sulfonamides is 1. The SMILES string of the molecule is COc1ccc2cc(-c3cc(C(F)(F)F)nn3-c3ccccc3S(N)(=O)=O)ccc2c1. The summed E-state index contributed by atoms with van der Waals surface area (Å²) < 4.78 is 70.5. The molecule has 0 spiro atoms. The lowest BCUT2D eigenvalue weighted by Gasteiger charge is -2.12. The number of methoxy groups -OCH3 is 1. The Kier molecular flexibility index (Phi) is 4.98. The quantitative estimate of drug-likeness (QED) is 0.503. The Hall–Kier alpha value is -3.37. The molecule has 3 aromatic carbocycles. The first kappa shape index (κ1) is 20.9. The van der Waals surface area contributed by atoms with Gasteiger partial charge in [0.1, 0.15) is 10.6 Å². The molecule has 0 fully saturated rings. The summed E-state index contributed by atoms with van der Waals surface area (Å²) in [4.78, 5) is -0.335. The van der Waals surface area contributed by atoms with Gasteiger partial charge >= 0.3 is 6.18 Å². The Balaban J connectivity index is 1.98. The zero-order chi connectivity index (χ0) is 22.4. The first-order chi connectivity index (χ1) is 14.6. The highest BCUT2D eigenvalue weighted by atomic mass is 32.2. The number of rotatable bonds is 4. The molecule has 6 nitrogen and oxygen atoms in total. The largest absolute Gasteiger partial charge is 0.497 e. The number of nitrogens with two attached hydrogens (primary N) is 1. The molecule has 1 aromatic heterocycles. The summed E-state index contributed by atoms with van der Waals surface area (Å²) in [7, 11) is -2.67. The highest BCUT2D eigenvalue weighted by Gasteiger charge is 2.35. The standard InChI is InChI=1S/C21H16F3N3O3S/c1-30-16-9-8-13-10-15(7-6-14(13)11-16)18-12-20(21(22,23)24)26-27(18)17-4-2-3-5-19(17)31(25,28)29/h2-12H,1H3,(H2,25,28,29). The molecule has 0 amide bonds. The predicted molar refractivity (Wildman–Crippen MR) is 109 cm³/mol. The van der Waals surface area contributed by atoms with Gasteiger partial charge in [0, 0.05) is 5.56 Å². The number of ether oxygens (including phenoxy) is 1. The van der Waals surface area contributed by atoms with E-state index in [1.54, 1.807) is 36.4 Å². The Labute approximate surface area is 175 Å². The first-order valence-electron chi connectivity index (χ1n) is 8.95. The number of aromatic nitrogens is 2. The molecule has 0 saturated carbocycles. The van der Waals surface area contributed by atoms with Crippen LogP contribution in [0.1, 0.15) is 5.69 Å². The third kappa shape index (κ3) is 3.99. The van der Waals surface area contributed by atoms with Crippen LogP contribution in [0.15, 0.2) is 71.6 Å². The van der Waals surface area contributed by atoms with Crippen LogP contribution in [0.4, 0.5) is 13.2 Å². The maximum atomic E-state index is 13.5. The minimum Gasteiger partial charge on any atom is -0.497 e. The van der Waals surface area contributed by atoms with Crippen LogP contribution < -0.4 is 9.88 Å². The van der Waals surface area contributed by atoms with Gasteiger partial charge in [0.25, 0.3) is 0 Å². The number of alkyl halides is 3. The summed E-state index contributed by atoms with van der Waals surface area (Å²) in [5.41, 5.74) is -0.738. The average molecular weight is 447 g/mol. The van der Waals surface area contributed by atoms with Crippen LogP contribution in [-0.2, 0) is 16.2 Å². The summed E-state index contributed by atoms with van der Waals surface area (Å²) in [5.74, 6) is 0.645. The summed E-state index contributed by atoms with van der Waals surface area (Å²) in [5, 5.41) is 10.5. The molecule has 0 aliphatic heterocycles. The number of halogens is 3. The molecular formula is C21H16F3N3O3S. The van der Waals surface area contributed by atoms with E-state index in [2.05, 4.69) is 5.10 Å². The van der Waals surface area contributed by atoms with E-state index in [-0.39, 0.29) is 16.3 Å². The summed E-state index contributed by atoms with van der Waals surface area (Å²) >= 11 is 0. The molecule has 1 heterocycles. The monoisotopic (exact) mass is 447 g/mol. The van der Waals surface area contributed by atoms with Crippen LogP contribution in [0.25, 0.3) is 27.7 Å². The lowest BCUT2D eigenvalue weighted by Crippen LogP contribution is -2.16. The van der Waals surface area contributed by atoms with Gasteiger partial charge < -0.3 is 4.74 Å². The number of para-hydroxylation sites is 1. The third-order valence-corrected chi connectivity index (χ3v) is 5.70. The van der Waals surface area contributed by atoms with Gasteiger partial charge in [-0.25, -0.2) is 18.2 Å². The van der Waals surface area contributed by atoms with Crippen LogP contribution in [0.3, 0.4) is 0 Å². The second kappa shape index (κ2) is 7.40. The second-order valence-corrected chi connectivity index (χ2v) is 8.29. The molecule has 0 atom stereocenters. The van der Waals surface area contributed by atoms with Crippen molar-refractivity contribution in [2.75, 3.05) is 7.11 Å². The minimum absolute atomic E-state index is 0.0705. The average Bonchev–Trinajstić information content (AvgIpc) is 3.18. The van der Waals surface area contributed by atoms with Gasteiger partial charge in [0.2, 0.25) is 10.0 Å². The summed E-state index contributed by atoms with van der Waals surface area (Å²) in [6, 6.07) is 16.8. The smallest absolute Gasteiger partial charge is 0.435 e. The van der Waals surface area contributed by atoms with Crippen LogP contribution in [0.2, 0.25) is 0 Å². The fourth-order valence-corrected chi connectivity index (χ4v) is 4.01. The second-order valence-electron chi connectivity index (χ2n) is 6.76. The highest BCUT2D eigenvalue weighted by Crippen LogP contribution is 2.35. The molecule has 10 heteroatoms. The topological polar surface area (TPSA) is 87.2 Å². The van der Waals surface area contributed by atoms with Crippen molar-refractivity contribution in [2.45, 2.75) is 11.1 Å². The molecular weight excluding hydrogens is 431 g/mol. The highest BCUT2D eigenvalue weighted by molar-refractivity contribution is 7.89. The Morgan fingerprint density at radius 2 is 1.65 bits per heavy atom. The molecule has 0 bridgehead atoms. The molecule has 0 aliphatic rings. The predicted octanol–water partition coefficient (Wildman–Crippen LogP) is 4.37. The number of primary sulfonamides is 1. The molecule has 0 aliphatic carbocycles. The van der Waals surface area contributed by atoms with Gasteiger partial charge in [-0.1, -0.05) is 30.3 Å². The van der Waals surface area contributed by atoms with Crippen molar-refractivity contribution in [1.29, 1.82) is 0 Å². The maximum Gasteiger partial charge on any atom is 0.435 e. The van der Waals surface area contributed by atoms with E-state index in [9.17, 15) is 21.6 Å². The van der Waals surface area contributed by atoms with E-state index in [1.807, 2.05) is 0 Å². The van der Waals surface area contributed by atoms with Crippen LogP contribution in [0.5, 0.6) is 5.75 Å². The van der Waals surface area contributed by atoms with Crippen LogP contribution in [-0.4, -0.2) is 25.3 Å². The van der Waals surface area contributed by atoms with Crippen molar-refractivity contribution < 1.29 is 26.3 Å². The van der Waals surface area contributed by atoms with Gasteiger partial charge in [-0.05, 0) is 47.2 Å². The summed E-state index contributed by atoms with van der Waals surface area (Å²) in [6.45, 7) is 0. The van der Waals surface area contributed by atoms with Gasteiger partial charge in [0.05, 0.1) is 18.5 Å². The lowest BCUT2D eigenvalue weighted by atomic mass is 10.0. The van der Waals surface area contributed by atoms with Crippen molar-refractivity contribution >= 4 is 20.8 Å². The molecule has 2 N–H and O–H groups in total. The van der Waals surface area contributed by atoms with E-state index in [0.717, 1.165) is 21.5 Å². The molecule has 4 aromatic rings. The molecule has 0 unspecified atom stereocenters. The van der Waals surface area contributed by atoms with E-state index >= 15 is 0 Å². The number of hydrogen-bond donors (Lipinski definition) is 1. The van der Waals surface area contributed by atoms with Crippen molar-refractivity contribution in [3.8, 4) is 22.7 Å². The van der Waals surface area contributed by atoms with Gasteiger partial charge in [-0.2, -0.15) is 18.3 Å². The fraction of sp³-hybridized carbons (Fsp3) is 0.0952. The van der Waals surface area contributed by atoms with Gasteiger partial charge in [-0.15, -0.1) is 0 Å². The van der Waals surface area contributed by atoms with E-state index in [1.165, 1.54) is 31.4 Å². The van der Waals surface area contributed by atoms with Crippen molar-refractivity contribution in [1.82, 2.24) is 9.78 Å². The van der Waals surface area contributed by atoms with Gasteiger partial charge in [0.15, 0.2) is 5.69 Å². The number of benzene rings is 3. The molecule has 0 saturated heterocycles. The van der Waals surface area contributed by atoms with Crippen molar-refractivity contribution in [2.24, 2.45) is 5.14 Å². The molecule has 4 rings (SSSR count). The third-order valence-electron chi connectivity index (χ3n) is 4.74. The normalized spacial score (nSPS) is 12.3.